The minimum absolute atomic E-state index is 0.0574. The zero-order valence-electron chi connectivity index (χ0n) is 78.0. The lowest BCUT2D eigenvalue weighted by Gasteiger charge is -2.23. The van der Waals surface area contributed by atoms with E-state index in [4.69, 9.17) is 14.2 Å². The fourth-order valence-corrected chi connectivity index (χ4v) is 15.8. The number of hydrogen-bond donors (Lipinski definition) is 11. The average Bonchev–Trinajstić information content (AvgIpc) is 0.806. The number of anilines is 5. The van der Waals surface area contributed by atoms with Gasteiger partial charge in [0.1, 0.15) is 46.0 Å². The fraction of sp³-hybridized carbons (Fsp3) is 0.137. The molecule has 11 N–H and O–H groups in total. The lowest BCUT2D eigenvalue weighted by atomic mass is 9.99. The molecule has 0 spiro atoms. The van der Waals surface area contributed by atoms with Gasteiger partial charge < -0.3 is 71.4 Å². The summed E-state index contributed by atoms with van der Waals surface area (Å²) < 4.78 is 83.0. The number of hydrogen-bond acceptors (Lipinski definition) is 18. The highest BCUT2D eigenvalue weighted by atomic mass is 32.2. The smallest absolute Gasteiger partial charge is 0.416 e. The summed E-state index contributed by atoms with van der Waals surface area (Å²) in [5.41, 5.74) is 12.6. The van der Waals surface area contributed by atoms with Gasteiger partial charge in [0, 0.05) is 71.8 Å². The maximum Gasteiger partial charge on any atom is 0.416 e. The van der Waals surface area contributed by atoms with Crippen molar-refractivity contribution in [3.63, 3.8) is 0 Å². The van der Waals surface area contributed by atoms with Crippen LogP contribution in [0.25, 0.3) is 44.1 Å². The van der Waals surface area contributed by atoms with Gasteiger partial charge in [-0.2, -0.15) is 13.2 Å². The Morgan fingerprint density at radius 1 is 0.386 bits per heavy atom. The normalized spacial score (nSPS) is 11.3. The lowest BCUT2D eigenvalue weighted by molar-refractivity contribution is -0.137. The second-order valence-electron chi connectivity index (χ2n) is 32.9. The van der Waals surface area contributed by atoms with Gasteiger partial charge in [-0.3, -0.25) is 15.0 Å². The number of pyridine rings is 3. The predicted molar refractivity (Wildman–Crippen MR) is 554 cm³/mol. The number of para-hydroxylation sites is 9. The molecular formula is C117H109F5N8O9S. The lowest BCUT2D eigenvalue weighted by Crippen LogP contribution is -2.16. The maximum absolute atomic E-state index is 13.6. The third-order valence-electron chi connectivity index (χ3n) is 22.4. The van der Waals surface area contributed by atoms with Crippen molar-refractivity contribution in [1.29, 1.82) is 0 Å². The molecule has 712 valence electrons. The Labute approximate surface area is 816 Å². The molecule has 15 aromatic carbocycles. The Bertz CT molecular complexity index is 6960. The van der Waals surface area contributed by atoms with E-state index in [1.807, 2.05) is 298 Å². The van der Waals surface area contributed by atoms with Gasteiger partial charge in [0.05, 0.1) is 100 Å². The average molecular weight is 1900 g/mol. The molecule has 23 heteroatoms. The first-order chi connectivity index (χ1) is 67.8. The number of aliphatic hydroxyl groups is 1. The number of nitrogens with zero attached hydrogens (tertiary/aromatic N) is 3. The summed E-state index contributed by atoms with van der Waals surface area (Å²) >= 11 is 1.39. The molecule has 3 aromatic heterocycles. The number of aromatic nitrogens is 3. The number of aromatic hydroxyl groups is 5. The summed E-state index contributed by atoms with van der Waals surface area (Å²) in [5, 5.41) is 80.7. The van der Waals surface area contributed by atoms with Crippen molar-refractivity contribution >= 4 is 61.7 Å². The summed E-state index contributed by atoms with van der Waals surface area (Å²) in [7, 11) is 3.20. The number of nitrogens with one attached hydrogen (secondary N) is 5. The van der Waals surface area contributed by atoms with Crippen molar-refractivity contribution in [2.75, 3.05) is 40.8 Å². The van der Waals surface area contributed by atoms with Crippen LogP contribution in [0.2, 0.25) is 0 Å². The van der Waals surface area contributed by atoms with Crippen LogP contribution in [-0.2, 0) is 38.3 Å². The summed E-state index contributed by atoms with van der Waals surface area (Å²) in [6, 6.07) is 123. The fourth-order valence-electron chi connectivity index (χ4n) is 14.8. The van der Waals surface area contributed by atoms with E-state index in [-0.39, 0.29) is 41.3 Å². The van der Waals surface area contributed by atoms with Crippen LogP contribution in [0.15, 0.2) is 416 Å². The molecule has 140 heavy (non-hydrogen) atoms. The highest BCUT2D eigenvalue weighted by Crippen LogP contribution is 2.45. The van der Waals surface area contributed by atoms with Crippen LogP contribution in [0.3, 0.4) is 0 Å². The van der Waals surface area contributed by atoms with Crippen molar-refractivity contribution in [3.05, 3.63) is 463 Å². The van der Waals surface area contributed by atoms with Gasteiger partial charge in [-0.25, -0.2) is 8.78 Å². The molecular weight excluding hydrogens is 1790 g/mol. The number of rotatable bonds is 28. The first kappa shape index (κ1) is 101. The standard InChI is InChI=1S/C23H26N2O.C22H19F5N2O.C20H19NO2.C20H14O2S.C18H16N2O.C14H15NO2/c1-17(2)18-11-13-20(14-12-18)25-22(21-10-6-7-15-24-21)16-23(26)19-8-4-3-5-9-19;1-21(23,24)15-10-16(22(25,26)27)12-18(11-15)28-13-17-4-3-5-20(29-17)14-6-8-19(30-2)9-7-14;1-15-8-2-6-12-19(15)23-20-13-7-4-10-17(20)21-14-16-9-3-5-11-18(16)22;21-17-10-9-13-5-3-4-8-16(13)20(17)23-19-12-15-7-2-1-6-14(15)11-18(19)22;21-18-12-5-4-10-17(18)19-13-15-9-6-11-16(20-15)14-7-2-1-3-8-14;1-17-14-9-5-3-7-12(14)15-10-11-6-2-4-8-13(11)16/h3-15,17,22-23,25-26H,16H2,1-2H3;3-12,28H,13H2,1-2H3;2-13,21-22H,14H2,1H3;1-12,21-22H;1-12,19,21H,13H2;2-9,15-16H,10H2,1H3. The van der Waals surface area contributed by atoms with E-state index in [1.165, 1.54) is 17.3 Å². The van der Waals surface area contributed by atoms with Crippen molar-refractivity contribution in [1.82, 2.24) is 15.0 Å². The third kappa shape index (κ3) is 29.6. The van der Waals surface area contributed by atoms with Crippen LogP contribution >= 0.6 is 11.8 Å². The molecule has 0 aliphatic rings. The number of phenolic OH excluding ortho intramolecular Hbond substituents is 5. The van der Waals surface area contributed by atoms with Crippen molar-refractivity contribution in [2.24, 2.45) is 0 Å². The molecule has 3 heterocycles. The first-order valence-corrected chi connectivity index (χ1v) is 46.2. The Morgan fingerprint density at radius 3 is 1.47 bits per heavy atom. The molecule has 0 fully saturated rings. The number of phenols is 5. The molecule has 0 aliphatic heterocycles. The third-order valence-corrected chi connectivity index (χ3v) is 23.6. The van der Waals surface area contributed by atoms with Gasteiger partial charge in [-0.15, -0.1) is 0 Å². The monoisotopic (exact) mass is 1900 g/mol. The summed E-state index contributed by atoms with van der Waals surface area (Å²) in [5.74, 6) is 1.49. The first-order valence-electron chi connectivity index (χ1n) is 45.3. The van der Waals surface area contributed by atoms with Crippen LogP contribution in [-0.4, -0.2) is 59.8 Å². The quantitative estimate of drug-likeness (QED) is 0.0161. The number of methoxy groups -OCH3 is 2. The van der Waals surface area contributed by atoms with Gasteiger partial charge in [-0.05, 0) is 215 Å². The molecule has 2 unspecified atom stereocenters. The molecule has 0 aliphatic carbocycles. The van der Waals surface area contributed by atoms with Crippen LogP contribution in [0, 0.1) is 6.92 Å². The van der Waals surface area contributed by atoms with E-state index < -0.39 is 29.3 Å². The minimum Gasteiger partial charge on any atom is -0.508 e. The van der Waals surface area contributed by atoms with E-state index in [9.17, 15) is 52.6 Å². The van der Waals surface area contributed by atoms with E-state index >= 15 is 0 Å². The number of alkyl halides is 5. The number of halogens is 5. The van der Waals surface area contributed by atoms with Crippen molar-refractivity contribution in [2.45, 2.75) is 100 Å². The number of aliphatic hydroxyl groups excluding tert-OH is 1. The topological polar surface area (TPSA) is 248 Å². The molecule has 0 saturated carbocycles. The Morgan fingerprint density at radius 2 is 0.893 bits per heavy atom. The van der Waals surface area contributed by atoms with Crippen molar-refractivity contribution < 1.29 is 66.8 Å². The predicted octanol–water partition coefficient (Wildman–Crippen LogP) is 29.7. The molecule has 18 aromatic rings. The number of aryl methyl sites for hydroxylation is 1. The Hall–Kier alpha value is -16.4. The van der Waals surface area contributed by atoms with E-state index in [2.05, 4.69) is 79.6 Å². The summed E-state index contributed by atoms with van der Waals surface area (Å²) in [4.78, 5) is 15.1. The van der Waals surface area contributed by atoms with Crippen LogP contribution in [0.5, 0.6) is 51.7 Å². The zero-order chi connectivity index (χ0) is 98.8. The van der Waals surface area contributed by atoms with Crippen LogP contribution in [0.4, 0.5) is 50.4 Å². The number of benzene rings is 15. The number of ether oxygens (including phenoxy) is 3. The van der Waals surface area contributed by atoms with Gasteiger partial charge in [-0.1, -0.05) is 262 Å². The summed E-state index contributed by atoms with van der Waals surface area (Å²) in [6.45, 7) is 8.69. The molecule has 18 rings (SSSR count). The maximum atomic E-state index is 13.6. The van der Waals surface area contributed by atoms with E-state index in [0.29, 0.717) is 73.5 Å². The van der Waals surface area contributed by atoms with Gasteiger partial charge in [0.15, 0.2) is 5.75 Å². The SMILES string of the molecule is CC(C)c1ccc(NC(CC(O)c2ccccc2)c2ccccn2)cc1.COc1ccc(-c2cccc(CNc3cc(C(C)(F)F)cc(C(F)(F)F)c3)n2)cc1.COc1ccccc1NCc1ccccc1O.Cc1ccccc1Oc1ccccc1NCc1ccccc1O.Oc1cc2ccccc2cc1Sc1c(O)ccc2ccccc12.Oc1ccccc1NCc1cccc(-c2ccccc2)n1. The molecule has 0 radical (unpaired) electrons. The zero-order valence-corrected chi connectivity index (χ0v) is 78.8. The second kappa shape index (κ2) is 49.9. The highest BCUT2D eigenvalue weighted by molar-refractivity contribution is 7.99. The largest absolute Gasteiger partial charge is 0.508 e. The highest BCUT2D eigenvalue weighted by Gasteiger charge is 2.35. The molecule has 0 saturated heterocycles. The number of fused-ring (bicyclic) bond motifs is 2. The molecule has 2 atom stereocenters. The Balaban J connectivity index is 0.000000142. The molecule has 0 bridgehead atoms. The van der Waals surface area contributed by atoms with Gasteiger partial charge in [0.25, 0.3) is 5.92 Å². The van der Waals surface area contributed by atoms with E-state index in [1.54, 1.807) is 87.1 Å². The molecule has 17 nitrogen and oxygen atoms in total. The second-order valence-corrected chi connectivity index (χ2v) is 33.9. The van der Waals surface area contributed by atoms with Gasteiger partial charge in [0.2, 0.25) is 0 Å². The molecule has 0 amide bonds. The minimum atomic E-state index is -4.73. The van der Waals surface area contributed by atoms with Crippen LogP contribution in [0.1, 0.15) is 101 Å². The van der Waals surface area contributed by atoms with Crippen molar-refractivity contribution in [3.8, 4) is 74.3 Å². The summed E-state index contributed by atoms with van der Waals surface area (Å²) in [6.07, 6.45) is -2.94. The van der Waals surface area contributed by atoms with Crippen LogP contribution < -0.4 is 40.8 Å². The van der Waals surface area contributed by atoms with Gasteiger partial charge >= 0.3 is 6.18 Å². The Kier molecular flexibility index (Phi) is 36.0. The van der Waals surface area contributed by atoms with E-state index in [0.717, 1.165) is 128 Å².